The molecule has 14 heteroatoms. The highest BCUT2D eigenvalue weighted by Crippen LogP contribution is 2.43. The molecule has 3 aliphatic rings. The number of piperidine rings is 1. The van der Waals surface area contributed by atoms with Crippen molar-refractivity contribution in [2.24, 2.45) is 0 Å². The van der Waals surface area contributed by atoms with E-state index >= 15 is 0 Å². The van der Waals surface area contributed by atoms with Crippen LogP contribution in [0.5, 0.6) is 11.6 Å². The van der Waals surface area contributed by atoms with Gasteiger partial charge in [0.25, 0.3) is 6.01 Å². The predicted octanol–water partition coefficient (Wildman–Crippen LogP) is 5.85. The number of benzene rings is 1. The van der Waals surface area contributed by atoms with E-state index < -0.39 is 29.8 Å². The average Bonchev–Trinajstić information content (AvgIpc) is 3.58. The summed E-state index contributed by atoms with van der Waals surface area (Å²) < 4.78 is 58.9. The number of halogens is 3. The summed E-state index contributed by atoms with van der Waals surface area (Å²) in [7, 11) is 0. The van der Waals surface area contributed by atoms with Crippen LogP contribution in [0, 0.1) is 0 Å². The Morgan fingerprint density at radius 2 is 1.95 bits per heavy atom. The van der Waals surface area contributed by atoms with E-state index in [2.05, 4.69) is 15.0 Å². The lowest BCUT2D eigenvalue weighted by molar-refractivity contribution is -0.139. The van der Waals surface area contributed by atoms with Crippen LogP contribution >= 0.6 is 11.3 Å². The van der Waals surface area contributed by atoms with Crippen LogP contribution in [-0.4, -0.2) is 61.8 Å². The molecule has 3 fully saturated rings. The normalized spacial score (nSPS) is 18.9. The van der Waals surface area contributed by atoms with Crippen LogP contribution in [0.15, 0.2) is 40.4 Å². The van der Waals surface area contributed by atoms with Crippen molar-refractivity contribution in [1.29, 1.82) is 0 Å². The second-order valence-corrected chi connectivity index (χ2v) is 11.8. The fourth-order valence-corrected chi connectivity index (χ4v) is 5.72. The largest absolute Gasteiger partial charge is 0.444 e. The first-order valence-corrected chi connectivity index (χ1v) is 13.7. The Hall–Kier alpha value is -3.91. The molecule has 3 saturated heterocycles. The molecule has 1 aromatic carbocycles. The molecule has 3 aromatic heterocycles. The predicted molar refractivity (Wildman–Crippen MR) is 143 cm³/mol. The molecule has 2 atom stereocenters. The molecule has 0 saturated carbocycles. The lowest BCUT2D eigenvalue weighted by Crippen LogP contribution is -2.70. The Morgan fingerprint density at radius 1 is 1.20 bits per heavy atom. The van der Waals surface area contributed by atoms with Crippen LogP contribution in [0.4, 0.5) is 24.0 Å². The highest BCUT2D eigenvalue weighted by molar-refractivity contribution is 7.13. The molecule has 2 bridgehead atoms. The number of fused-ring (bicyclic) bond motifs is 3. The van der Waals surface area contributed by atoms with Gasteiger partial charge in [-0.15, -0.1) is 11.3 Å². The number of hydrogen-bond donors (Lipinski definition) is 1. The Labute approximate surface area is 236 Å². The van der Waals surface area contributed by atoms with Gasteiger partial charge in [-0.2, -0.15) is 18.2 Å². The van der Waals surface area contributed by atoms with E-state index in [9.17, 15) is 23.1 Å². The van der Waals surface area contributed by atoms with E-state index in [0.29, 0.717) is 29.2 Å². The molecule has 6 heterocycles. The highest BCUT2D eigenvalue weighted by atomic mass is 32.1. The van der Waals surface area contributed by atoms with Gasteiger partial charge in [0, 0.05) is 30.9 Å². The van der Waals surface area contributed by atoms with Crippen molar-refractivity contribution in [2.75, 3.05) is 18.0 Å². The minimum Gasteiger partial charge on any atom is -0.444 e. The van der Waals surface area contributed by atoms with Crippen molar-refractivity contribution in [3.63, 3.8) is 0 Å². The van der Waals surface area contributed by atoms with Crippen molar-refractivity contribution in [3.05, 3.63) is 47.1 Å². The van der Waals surface area contributed by atoms with Crippen LogP contribution in [-0.2, 0) is 17.5 Å². The second kappa shape index (κ2) is 9.87. The van der Waals surface area contributed by atoms with Crippen molar-refractivity contribution in [3.8, 4) is 22.2 Å². The van der Waals surface area contributed by atoms with E-state index in [1.54, 1.807) is 22.5 Å². The van der Waals surface area contributed by atoms with Gasteiger partial charge in [-0.3, -0.25) is 4.90 Å². The summed E-state index contributed by atoms with van der Waals surface area (Å²) in [6.45, 7) is 5.76. The summed E-state index contributed by atoms with van der Waals surface area (Å²) in [6.07, 6.45) is -1.55. The number of carbonyl (C=O) groups excluding carboxylic acids is 1. The first kappa shape index (κ1) is 27.3. The van der Waals surface area contributed by atoms with Gasteiger partial charge in [0.1, 0.15) is 16.2 Å². The van der Waals surface area contributed by atoms with Gasteiger partial charge in [0.05, 0.1) is 24.3 Å². The number of piperazine rings is 1. The molecular weight excluding hydrogens is 563 g/mol. The Morgan fingerprint density at radius 3 is 2.59 bits per heavy atom. The zero-order valence-corrected chi connectivity index (χ0v) is 23.1. The molecule has 41 heavy (non-hydrogen) atoms. The number of aliphatic hydroxyl groups is 1. The Balaban J connectivity index is 1.35. The number of anilines is 1. The summed E-state index contributed by atoms with van der Waals surface area (Å²) in [5, 5.41) is 11.7. The topological polar surface area (TPSA) is 114 Å². The van der Waals surface area contributed by atoms with Crippen LogP contribution in [0.1, 0.15) is 38.3 Å². The fourth-order valence-electron chi connectivity index (χ4n) is 5.06. The Kier molecular flexibility index (Phi) is 6.57. The van der Waals surface area contributed by atoms with E-state index in [1.807, 2.05) is 25.7 Å². The number of alkyl halides is 3. The van der Waals surface area contributed by atoms with Gasteiger partial charge in [0.2, 0.25) is 5.88 Å². The number of carbonyl (C=O) groups is 1. The molecule has 0 aliphatic carbocycles. The molecular formula is C27H26F3N5O5S. The highest BCUT2D eigenvalue weighted by Gasteiger charge is 2.49. The van der Waals surface area contributed by atoms with E-state index in [-0.39, 0.29) is 41.0 Å². The summed E-state index contributed by atoms with van der Waals surface area (Å²) in [5.74, 6) is -0.655. The van der Waals surface area contributed by atoms with E-state index in [4.69, 9.17) is 13.9 Å². The molecule has 0 radical (unpaired) electrons. The summed E-state index contributed by atoms with van der Waals surface area (Å²) in [4.78, 5) is 29.2. The molecule has 2 unspecified atom stereocenters. The molecule has 1 amide bonds. The molecule has 7 rings (SSSR count). The second-order valence-electron chi connectivity index (χ2n) is 10.9. The zero-order valence-electron chi connectivity index (χ0n) is 22.3. The van der Waals surface area contributed by atoms with Crippen molar-refractivity contribution >= 4 is 34.5 Å². The molecule has 3 aliphatic heterocycles. The van der Waals surface area contributed by atoms with E-state index in [1.165, 1.54) is 17.4 Å². The number of pyridine rings is 1. The van der Waals surface area contributed by atoms with Crippen LogP contribution in [0.3, 0.4) is 0 Å². The number of aromatic nitrogens is 3. The quantitative estimate of drug-likeness (QED) is 0.306. The fraction of sp³-hybridized carbons (Fsp3) is 0.407. The first-order valence-electron chi connectivity index (χ1n) is 12.9. The molecule has 0 spiro atoms. The number of thiazole rings is 1. The number of nitrogens with zero attached hydrogens (tertiary/aromatic N) is 5. The standard InChI is InChI=1S/C27H26F3N5O5S/c1-26(2,3)40-25(37)35-15-9-16(35)12-34(11-15)24-33-20-19(5-4-17(21(20)39-24)23-31-6-7-41-23)38-22-18(27(28,29)30)8-14(13-36)10-32-22/h4-8,10,15-16,36H,9,11-13H2,1-3H3. The number of amides is 1. The van der Waals surface area contributed by atoms with Crippen molar-refractivity contribution in [2.45, 2.75) is 57.7 Å². The SMILES string of the molecule is CC(C)(C)OC(=O)N1C2CC1CN(c1nc3c(Oc4ncc(CO)cc4C(F)(F)F)ccc(-c4nccs4)c3o1)C2. The van der Waals surface area contributed by atoms with Gasteiger partial charge >= 0.3 is 12.3 Å². The molecule has 4 aromatic rings. The van der Waals surface area contributed by atoms with Gasteiger partial charge in [-0.1, -0.05) is 0 Å². The smallest absolute Gasteiger partial charge is 0.421 e. The Bertz CT molecular complexity index is 1590. The molecule has 10 nitrogen and oxygen atoms in total. The number of ether oxygens (including phenoxy) is 2. The zero-order chi connectivity index (χ0) is 29.1. The third kappa shape index (κ3) is 5.17. The summed E-state index contributed by atoms with van der Waals surface area (Å²) in [5.41, 5.74) is -0.611. The van der Waals surface area contributed by atoms with Crippen molar-refractivity contribution in [1.82, 2.24) is 19.9 Å². The maximum Gasteiger partial charge on any atom is 0.421 e. The van der Waals surface area contributed by atoms with Crippen LogP contribution in [0.2, 0.25) is 0 Å². The minimum absolute atomic E-state index is 0.00162. The van der Waals surface area contributed by atoms with Crippen LogP contribution in [0.25, 0.3) is 21.7 Å². The third-order valence-corrected chi connectivity index (χ3v) is 7.63. The monoisotopic (exact) mass is 589 g/mol. The van der Waals surface area contributed by atoms with Gasteiger partial charge in [-0.05, 0) is 51.0 Å². The maximum atomic E-state index is 13.8. The van der Waals surface area contributed by atoms with Crippen LogP contribution < -0.4 is 9.64 Å². The van der Waals surface area contributed by atoms with Gasteiger partial charge < -0.3 is 23.9 Å². The third-order valence-electron chi connectivity index (χ3n) is 6.83. The molecule has 1 N–H and O–H groups in total. The average molecular weight is 590 g/mol. The lowest BCUT2D eigenvalue weighted by atomic mass is 9.88. The summed E-state index contributed by atoms with van der Waals surface area (Å²) in [6, 6.07) is 4.04. The van der Waals surface area contributed by atoms with E-state index in [0.717, 1.165) is 18.7 Å². The first-order chi connectivity index (χ1) is 19.4. The lowest BCUT2D eigenvalue weighted by Gasteiger charge is -2.55. The minimum atomic E-state index is -4.77. The van der Waals surface area contributed by atoms with Gasteiger partial charge in [-0.25, -0.2) is 14.8 Å². The summed E-state index contributed by atoms with van der Waals surface area (Å²) >= 11 is 1.37. The number of hydrogen-bond acceptors (Lipinski definition) is 10. The molecule has 216 valence electrons. The van der Waals surface area contributed by atoms with Crippen molar-refractivity contribution < 1.29 is 37.0 Å². The maximum absolute atomic E-state index is 13.8. The number of rotatable bonds is 5. The number of oxazole rings is 1. The van der Waals surface area contributed by atoms with Gasteiger partial charge in [0.15, 0.2) is 16.8 Å². The number of aliphatic hydroxyl groups excluding tert-OH is 1.